The number of likely N-dealkylation sites (tertiary alicyclic amines) is 1. The van der Waals surface area contributed by atoms with E-state index in [2.05, 4.69) is 15.6 Å². The second-order valence-corrected chi connectivity index (χ2v) is 5.06. The number of nitrogens with one attached hydrogen (secondary N) is 2. The second kappa shape index (κ2) is 5.46. The molecule has 2 aliphatic heterocycles. The van der Waals surface area contributed by atoms with Crippen molar-refractivity contribution in [1.29, 1.82) is 0 Å². The van der Waals surface area contributed by atoms with Crippen LogP contribution in [-0.2, 0) is 4.79 Å². The van der Waals surface area contributed by atoms with Gasteiger partial charge >= 0.3 is 6.03 Å². The van der Waals surface area contributed by atoms with Crippen LogP contribution >= 0.6 is 0 Å². The molecule has 0 aliphatic carbocycles. The van der Waals surface area contributed by atoms with Gasteiger partial charge in [0.15, 0.2) is 0 Å². The number of hydrogen-bond donors (Lipinski definition) is 2. The van der Waals surface area contributed by atoms with E-state index in [1.165, 1.54) is 0 Å². The molecule has 3 heterocycles. The van der Waals surface area contributed by atoms with Gasteiger partial charge in [0, 0.05) is 44.3 Å². The first-order valence-electron chi connectivity index (χ1n) is 6.69. The van der Waals surface area contributed by atoms with E-state index in [0.717, 1.165) is 31.9 Å². The highest BCUT2D eigenvalue weighted by Crippen LogP contribution is 2.16. The molecule has 3 amide bonds. The van der Waals surface area contributed by atoms with Gasteiger partial charge in [0.1, 0.15) is 0 Å². The smallest absolute Gasteiger partial charge is 0.317 e. The number of rotatable bonds is 4. The van der Waals surface area contributed by atoms with Crippen LogP contribution in [0.2, 0.25) is 0 Å². The van der Waals surface area contributed by atoms with E-state index in [-0.39, 0.29) is 18.0 Å². The van der Waals surface area contributed by atoms with Gasteiger partial charge in [-0.15, -0.1) is 0 Å². The predicted octanol–water partition coefficient (Wildman–Crippen LogP) is -0.270. The molecule has 106 valence electrons. The molecule has 2 saturated heterocycles. The zero-order valence-electron chi connectivity index (χ0n) is 11.1. The lowest BCUT2D eigenvalue weighted by Gasteiger charge is -2.43. The van der Waals surface area contributed by atoms with Crippen molar-refractivity contribution in [2.75, 3.05) is 38.0 Å². The Bertz CT molecular complexity index is 501. The minimum atomic E-state index is -0.0412. The predicted molar refractivity (Wildman–Crippen MR) is 73.2 cm³/mol. The molecule has 2 fully saturated rings. The summed E-state index contributed by atoms with van der Waals surface area (Å²) in [6.45, 7) is 3.36. The molecule has 0 atom stereocenters. The lowest BCUT2D eigenvalue weighted by Crippen LogP contribution is -2.61. The summed E-state index contributed by atoms with van der Waals surface area (Å²) in [7, 11) is 0. The molecule has 2 N–H and O–H groups in total. The molecule has 3 rings (SSSR count). The van der Waals surface area contributed by atoms with E-state index in [9.17, 15) is 9.59 Å². The number of carbonyl (C=O) groups excluding carboxylic acids is 2. The van der Waals surface area contributed by atoms with Crippen LogP contribution in [0, 0.1) is 0 Å². The van der Waals surface area contributed by atoms with Crippen LogP contribution < -0.4 is 10.6 Å². The molecule has 7 nitrogen and oxygen atoms in total. The summed E-state index contributed by atoms with van der Waals surface area (Å²) >= 11 is 0. The summed E-state index contributed by atoms with van der Waals surface area (Å²) < 4.78 is 0. The Balaban J connectivity index is 1.42. The van der Waals surface area contributed by atoms with E-state index >= 15 is 0 Å². The fourth-order valence-electron chi connectivity index (χ4n) is 2.54. The number of amides is 3. The van der Waals surface area contributed by atoms with Crippen molar-refractivity contribution in [3.8, 4) is 0 Å². The first-order chi connectivity index (χ1) is 9.72. The second-order valence-electron chi connectivity index (χ2n) is 5.06. The number of anilines is 1. The van der Waals surface area contributed by atoms with Crippen molar-refractivity contribution in [1.82, 2.24) is 20.1 Å². The molecule has 7 heteroatoms. The SMILES string of the molecule is O=C(CN1CC(N2CCNC2=O)C1)Nc1ccncc1. The number of aromatic nitrogens is 1. The van der Waals surface area contributed by atoms with Gasteiger partial charge in [-0.3, -0.25) is 14.7 Å². The van der Waals surface area contributed by atoms with Crippen molar-refractivity contribution in [3.05, 3.63) is 24.5 Å². The highest BCUT2D eigenvalue weighted by Gasteiger charge is 2.36. The van der Waals surface area contributed by atoms with Gasteiger partial charge in [-0.25, -0.2) is 4.79 Å². The van der Waals surface area contributed by atoms with E-state index in [4.69, 9.17) is 0 Å². The molecule has 0 saturated carbocycles. The Kier molecular flexibility index (Phi) is 3.51. The van der Waals surface area contributed by atoms with Crippen molar-refractivity contribution < 1.29 is 9.59 Å². The average molecular weight is 275 g/mol. The third-order valence-electron chi connectivity index (χ3n) is 3.60. The van der Waals surface area contributed by atoms with Crippen LogP contribution in [0.4, 0.5) is 10.5 Å². The largest absolute Gasteiger partial charge is 0.336 e. The lowest BCUT2D eigenvalue weighted by molar-refractivity contribution is -0.118. The highest BCUT2D eigenvalue weighted by atomic mass is 16.2. The van der Waals surface area contributed by atoms with Crippen LogP contribution in [0.1, 0.15) is 0 Å². The number of nitrogens with zero attached hydrogens (tertiary/aromatic N) is 3. The minimum absolute atomic E-state index is 0.0101. The van der Waals surface area contributed by atoms with Crippen LogP contribution in [-0.4, -0.2) is 65.5 Å². The molecule has 0 bridgehead atoms. The van der Waals surface area contributed by atoms with Crippen molar-refractivity contribution in [3.63, 3.8) is 0 Å². The zero-order chi connectivity index (χ0) is 13.9. The molecule has 1 aromatic rings. The van der Waals surface area contributed by atoms with Crippen LogP contribution in [0.3, 0.4) is 0 Å². The Labute approximate surface area is 117 Å². The zero-order valence-corrected chi connectivity index (χ0v) is 11.1. The van der Waals surface area contributed by atoms with E-state index in [1.807, 2.05) is 9.80 Å². The van der Waals surface area contributed by atoms with Gasteiger partial charge in [-0.05, 0) is 12.1 Å². The molecular weight excluding hydrogens is 258 g/mol. The summed E-state index contributed by atoms with van der Waals surface area (Å²) in [5.41, 5.74) is 0.751. The molecule has 0 unspecified atom stereocenters. The summed E-state index contributed by atoms with van der Waals surface area (Å²) in [6.07, 6.45) is 3.28. The van der Waals surface area contributed by atoms with Gasteiger partial charge < -0.3 is 15.5 Å². The summed E-state index contributed by atoms with van der Waals surface area (Å²) in [6, 6.07) is 3.76. The van der Waals surface area contributed by atoms with E-state index in [1.54, 1.807) is 24.5 Å². The highest BCUT2D eigenvalue weighted by molar-refractivity contribution is 5.92. The molecular formula is C13H17N5O2. The van der Waals surface area contributed by atoms with Crippen LogP contribution in [0.15, 0.2) is 24.5 Å². The van der Waals surface area contributed by atoms with Gasteiger partial charge in [0.25, 0.3) is 0 Å². The van der Waals surface area contributed by atoms with E-state index in [0.29, 0.717) is 6.54 Å². The Morgan fingerprint density at radius 2 is 2.15 bits per heavy atom. The van der Waals surface area contributed by atoms with Crippen LogP contribution in [0.25, 0.3) is 0 Å². The lowest BCUT2D eigenvalue weighted by atomic mass is 10.1. The summed E-state index contributed by atoms with van der Waals surface area (Å²) in [4.78, 5) is 31.1. The Morgan fingerprint density at radius 3 is 2.80 bits per heavy atom. The first kappa shape index (κ1) is 12.9. The minimum Gasteiger partial charge on any atom is -0.336 e. The Morgan fingerprint density at radius 1 is 1.40 bits per heavy atom. The van der Waals surface area contributed by atoms with Crippen molar-refractivity contribution in [2.45, 2.75) is 6.04 Å². The van der Waals surface area contributed by atoms with Gasteiger partial charge in [0.2, 0.25) is 5.91 Å². The number of pyridine rings is 1. The number of hydrogen-bond acceptors (Lipinski definition) is 4. The maximum atomic E-state index is 11.8. The normalized spacial score (nSPS) is 19.6. The maximum absolute atomic E-state index is 11.8. The Hall–Kier alpha value is -2.15. The topological polar surface area (TPSA) is 77.6 Å². The van der Waals surface area contributed by atoms with E-state index < -0.39 is 0 Å². The number of carbonyl (C=O) groups is 2. The molecule has 2 aliphatic rings. The molecule has 20 heavy (non-hydrogen) atoms. The van der Waals surface area contributed by atoms with Crippen molar-refractivity contribution in [2.24, 2.45) is 0 Å². The fraction of sp³-hybridized carbons (Fsp3) is 0.462. The summed E-state index contributed by atoms with van der Waals surface area (Å²) in [5.74, 6) is -0.0412. The molecule has 0 aromatic carbocycles. The molecule has 0 radical (unpaired) electrons. The maximum Gasteiger partial charge on any atom is 0.317 e. The van der Waals surface area contributed by atoms with Crippen molar-refractivity contribution >= 4 is 17.6 Å². The average Bonchev–Trinajstić information content (AvgIpc) is 2.80. The van der Waals surface area contributed by atoms with Crippen LogP contribution in [0.5, 0.6) is 0 Å². The molecule has 1 aromatic heterocycles. The third kappa shape index (κ3) is 2.72. The first-order valence-corrected chi connectivity index (χ1v) is 6.69. The quantitative estimate of drug-likeness (QED) is 0.793. The summed E-state index contributed by atoms with van der Waals surface area (Å²) in [5, 5.41) is 5.61. The molecule has 0 spiro atoms. The van der Waals surface area contributed by atoms with Gasteiger partial charge in [-0.2, -0.15) is 0 Å². The van der Waals surface area contributed by atoms with Gasteiger partial charge in [-0.1, -0.05) is 0 Å². The van der Waals surface area contributed by atoms with Gasteiger partial charge in [0.05, 0.1) is 12.6 Å². The fourth-order valence-corrected chi connectivity index (χ4v) is 2.54. The monoisotopic (exact) mass is 275 g/mol. The standard InChI is InChI=1S/C13H17N5O2/c19-12(16-10-1-3-14-4-2-10)9-17-7-11(8-17)18-6-5-15-13(18)20/h1-4,11H,5-9H2,(H,15,20)(H,14,16,19). The number of urea groups is 1. The third-order valence-corrected chi connectivity index (χ3v) is 3.60.